The van der Waals surface area contributed by atoms with Gasteiger partial charge in [0.15, 0.2) is 5.43 Å². The molecule has 2 aromatic heterocycles. The van der Waals surface area contributed by atoms with Crippen LogP contribution in [0.1, 0.15) is 12.7 Å². The summed E-state index contributed by atoms with van der Waals surface area (Å²) in [4.78, 5) is 22.4. The minimum Gasteiger partial charge on any atom is -0.346 e. The summed E-state index contributed by atoms with van der Waals surface area (Å²) >= 11 is 0. The maximum Gasteiger partial charge on any atom is 0.192 e. The lowest BCUT2D eigenvalue weighted by Crippen LogP contribution is -2.04. The van der Waals surface area contributed by atoms with Crippen molar-refractivity contribution in [3.63, 3.8) is 0 Å². The predicted octanol–water partition coefficient (Wildman–Crippen LogP) is 0.880. The van der Waals surface area contributed by atoms with E-state index in [-0.39, 0.29) is 5.43 Å². The van der Waals surface area contributed by atoms with Gasteiger partial charge < -0.3 is 4.98 Å². The van der Waals surface area contributed by atoms with Crippen LogP contribution in [0.3, 0.4) is 0 Å². The van der Waals surface area contributed by atoms with Gasteiger partial charge >= 0.3 is 0 Å². The van der Waals surface area contributed by atoms with E-state index >= 15 is 0 Å². The molecule has 0 atom stereocenters. The van der Waals surface area contributed by atoms with Crippen molar-refractivity contribution >= 4 is 11.0 Å². The molecule has 0 fully saturated rings. The second-order valence-electron chi connectivity index (χ2n) is 2.74. The average Bonchev–Trinajstić information content (AvgIpc) is 2.18. The van der Waals surface area contributed by atoms with E-state index in [1.54, 1.807) is 12.4 Å². The molecule has 0 saturated carbocycles. The Bertz CT molecular complexity index is 489. The molecule has 0 radical (unpaired) electrons. The Hall–Kier alpha value is -1.71. The summed E-state index contributed by atoms with van der Waals surface area (Å²) in [5.74, 6) is 0.745. The molecule has 66 valence electrons. The summed E-state index contributed by atoms with van der Waals surface area (Å²) in [6.07, 6.45) is 3.93. The van der Waals surface area contributed by atoms with Crippen LogP contribution in [0.15, 0.2) is 23.3 Å². The molecule has 0 bridgehead atoms. The highest BCUT2D eigenvalue weighted by atomic mass is 16.1. The molecule has 0 aliphatic heterocycles. The van der Waals surface area contributed by atoms with E-state index in [2.05, 4.69) is 15.0 Å². The zero-order valence-electron chi connectivity index (χ0n) is 7.24. The standard InChI is InChI=1S/C9H9N3O/c1-2-8-11-5-6-7(13)3-4-10-9(6)12-8/h3-5H,2H2,1H3,(H,10,11,12,13). The highest BCUT2D eigenvalue weighted by Crippen LogP contribution is 2.01. The summed E-state index contributed by atoms with van der Waals surface area (Å²) in [5, 5.41) is 0.541. The van der Waals surface area contributed by atoms with Crippen LogP contribution in [0, 0.1) is 0 Å². The number of aromatic amines is 1. The number of rotatable bonds is 1. The smallest absolute Gasteiger partial charge is 0.192 e. The molecule has 0 aliphatic carbocycles. The molecule has 0 unspecified atom stereocenters. The number of pyridine rings is 1. The summed E-state index contributed by atoms with van der Waals surface area (Å²) in [6, 6.07) is 1.47. The molecule has 4 nitrogen and oxygen atoms in total. The fourth-order valence-electron chi connectivity index (χ4n) is 1.17. The van der Waals surface area contributed by atoms with Gasteiger partial charge in [-0.25, -0.2) is 9.97 Å². The van der Waals surface area contributed by atoms with E-state index in [1.807, 2.05) is 6.92 Å². The molecule has 1 N–H and O–H groups in total. The lowest BCUT2D eigenvalue weighted by molar-refractivity contribution is 0.952. The van der Waals surface area contributed by atoms with Gasteiger partial charge in [-0.2, -0.15) is 0 Å². The quantitative estimate of drug-likeness (QED) is 0.699. The summed E-state index contributed by atoms with van der Waals surface area (Å²) in [5.41, 5.74) is 0.566. The van der Waals surface area contributed by atoms with E-state index < -0.39 is 0 Å². The fraction of sp³-hybridized carbons (Fsp3) is 0.222. The van der Waals surface area contributed by atoms with E-state index in [9.17, 15) is 4.79 Å². The SMILES string of the molecule is CCc1ncc2c(=O)cc[nH]c2n1. The first kappa shape index (κ1) is 7.91. The van der Waals surface area contributed by atoms with Crippen LogP contribution in [0.5, 0.6) is 0 Å². The Morgan fingerprint density at radius 1 is 1.54 bits per heavy atom. The summed E-state index contributed by atoms with van der Waals surface area (Å²) in [7, 11) is 0. The molecular weight excluding hydrogens is 166 g/mol. The molecule has 0 spiro atoms. The predicted molar refractivity (Wildman–Crippen MR) is 49.5 cm³/mol. The van der Waals surface area contributed by atoms with E-state index in [0.717, 1.165) is 12.2 Å². The van der Waals surface area contributed by atoms with Crippen LogP contribution in [-0.4, -0.2) is 15.0 Å². The lowest BCUT2D eigenvalue weighted by atomic mass is 10.3. The van der Waals surface area contributed by atoms with Gasteiger partial charge in [0.05, 0.1) is 5.39 Å². The number of aryl methyl sites for hydroxylation is 1. The first-order valence-electron chi connectivity index (χ1n) is 4.14. The molecule has 4 heteroatoms. The van der Waals surface area contributed by atoms with Crippen LogP contribution < -0.4 is 5.43 Å². The number of hydrogen-bond donors (Lipinski definition) is 1. The van der Waals surface area contributed by atoms with Crippen molar-refractivity contribution in [2.45, 2.75) is 13.3 Å². The number of nitrogens with one attached hydrogen (secondary N) is 1. The third kappa shape index (κ3) is 1.30. The van der Waals surface area contributed by atoms with Crippen LogP contribution in [0.2, 0.25) is 0 Å². The second-order valence-corrected chi connectivity index (χ2v) is 2.74. The molecule has 2 heterocycles. The van der Waals surface area contributed by atoms with Gasteiger partial charge in [0.25, 0.3) is 0 Å². The van der Waals surface area contributed by atoms with Crippen molar-refractivity contribution in [2.24, 2.45) is 0 Å². The topological polar surface area (TPSA) is 58.6 Å². The minimum absolute atomic E-state index is 0.0450. The summed E-state index contributed by atoms with van der Waals surface area (Å²) in [6.45, 7) is 1.97. The first-order valence-corrected chi connectivity index (χ1v) is 4.14. The summed E-state index contributed by atoms with van der Waals surface area (Å²) < 4.78 is 0. The molecule has 0 saturated heterocycles. The van der Waals surface area contributed by atoms with Gasteiger partial charge in [0.2, 0.25) is 0 Å². The highest BCUT2D eigenvalue weighted by molar-refractivity contribution is 5.72. The second kappa shape index (κ2) is 2.97. The van der Waals surface area contributed by atoms with E-state index in [1.165, 1.54) is 6.07 Å². The Morgan fingerprint density at radius 2 is 2.38 bits per heavy atom. The van der Waals surface area contributed by atoms with Gasteiger partial charge in [-0.05, 0) is 0 Å². The van der Waals surface area contributed by atoms with Crippen LogP contribution in [0.4, 0.5) is 0 Å². The third-order valence-corrected chi connectivity index (χ3v) is 1.88. The van der Waals surface area contributed by atoms with Gasteiger partial charge in [0.1, 0.15) is 11.5 Å². The zero-order valence-corrected chi connectivity index (χ0v) is 7.24. The first-order chi connectivity index (χ1) is 6.31. The Kier molecular flexibility index (Phi) is 1.81. The number of fused-ring (bicyclic) bond motifs is 1. The van der Waals surface area contributed by atoms with Gasteiger partial charge in [0, 0.05) is 24.9 Å². The van der Waals surface area contributed by atoms with Gasteiger partial charge in [-0.1, -0.05) is 6.92 Å². The van der Waals surface area contributed by atoms with Crippen molar-refractivity contribution in [1.82, 2.24) is 15.0 Å². The van der Waals surface area contributed by atoms with Crippen molar-refractivity contribution in [1.29, 1.82) is 0 Å². The largest absolute Gasteiger partial charge is 0.346 e. The molecule has 2 aromatic rings. The normalized spacial score (nSPS) is 10.5. The molecule has 0 amide bonds. The van der Waals surface area contributed by atoms with Crippen molar-refractivity contribution in [2.75, 3.05) is 0 Å². The van der Waals surface area contributed by atoms with Crippen molar-refractivity contribution in [3.8, 4) is 0 Å². The Labute approximate surface area is 74.7 Å². The number of aromatic nitrogens is 3. The third-order valence-electron chi connectivity index (χ3n) is 1.88. The molecule has 0 aliphatic rings. The Balaban J connectivity index is 2.80. The Morgan fingerprint density at radius 3 is 3.15 bits per heavy atom. The number of H-pyrrole nitrogens is 1. The number of hydrogen-bond acceptors (Lipinski definition) is 3. The number of nitrogens with zero attached hydrogens (tertiary/aromatic N) is 2. The average molecular weight is 175 g/mol. The van der Waals surface area contributed by atoms with E-state index in [4.69, 9.17) is 0 Å². The minimum atomic E-state index is -0.0450. The van der Waals surface area contributed by atoms with Gasteiger partial charge in [-0.15, -0.1) is 0 Å². The monoisotopic (exact) mass is 175 g/mol. The zero-order chi connectivity index (χ0) is 9.26. The molecular formula is C9H9N3O. The fourth-order valence-corrected chi connectivity index (χ4v) is 1.17. The van der Waals surface area contributed by atoms with Crippen molar-refractivity contribution in [3.05, 3.63) is 34.5 Å². The maximum atomic E-state index is 11.3. The lowest BCUT2D eigenvalue weighted by Gasteiger charge is -1.97. The van der Waals surface area contributed by atoms with Crippen molar-refractivity contribution < 1.29 is 0 Å². The molecule has 0 aromatic carbocycles. The van der Waals surface area contributed by atoms with Crippen LogP contribution in [-0.2, 0) is 6.42 Å². The molecule has 13 heavy (non-hydrogen) atoms. The van der Waals surface area contributed by atoms with Gasteiger partial charge in [-0.3, -0.25) is 4.79 Å². The van der Waals surface area contributed by atoms with Crippen LogP contribution >= 0.6 is 0 Å². The van der Waals surface area contributed by atoms with E-state index in [0.29, 0.717) is 11.0 Å². The maximum absolute atomic E-state index is 11.3. The van der Waals surface area contributed by atoms with Crippen LogP contribution in [0.25, 0.3) is 11.0 Å². The molecule has 2 rings (SSSR count). The highest BCUT2D eigenvalue weighted by Gasteiger charge is 2.00.